The number of carbonyl (C=O) groups is 1. The largest absolute Gasteiger partial charge is 0.348 e. The first kappa shape index (κ1) is 13.1. The second-order valence-electron chi connectivity index (χ2n) is 4.15. The Balaban J connectivity index is 2.06. The summed E-state index contributed by atoms with van der Waals surface area (Å²) in [6, 6.07) is 15.8. The lowest BCUT2D eigenvalue weighted by Gasteiger charge is -2.07. The Morgan fingerprint density at radius 2 is 1.89 bits per heavy atom. The molecule has 0 radical (unpaired) electrons. The summed E-state index contributed by atoms with van der Waals surface area (Å²) in [6.07, 6.45) is 0. The number of amides is 1. The van der Waals surface area contributed by atoms with Crippen LogP contribution in [0.4, 0.5) is 0 Å². The predicted molar refractivity (Wildman–Crippen MR) is 81.5 cm³/mol. The van der Waals surface area contributed by atoms with Crippen molar-refractivity contribution < 1.29 is 4.79 Å². The second kappa shape index (κ2) is 6.00. The van der Waals surface area contributed by atoms with Gasteiger partial charge in [0.25, 0.3) is 5.91 Å². The normalized spacial score (nSPS) is 10.1. The molecule has 0 fully saturated rings. The number of hydrogen-bond acceptors (Lipinski definition) is 1. The van der Waals surface area contributed by atoms with Crippen LogP contribution in [0.25, 0.3) is 0 Å². The molecule has 2 nitrogen and oxygen atoms in total. The van der Waals surface area contributed by atoms with Crippen LogP contribution in [-0.2, 0) is 6.54 Å². The number of nitrogens with one attached hydrogen (secondary N) is 1. The Bertz CT molecular complexity index is 552. The molecule has 0 bridgehead atoms. The van der Waals surface area contributed by atoms with Gasteiger partial charge in [-0.2, -0.15) is 0 Å². The van der Waals surface area contributed by atoms with E-state index < -0.39 is 0 Å². The van der Waals surface area contributed by atoms with Gasteiger partial charge in [-0.15, -0.1) is 0 Å². The van der Waals surface area contributed by atoms with E-state index in [4.69, 9.17) is 0 Å². The van der Waals surface area contributed by atoms with Gasteiger partial charge in [0.2, 0.25) is 0 Å². The summed E-state index contributed by atoms with van der Waals surface area (Å²) >= 11 is 2.19. The van der Waals surface area contributed by atoms with Crippen molar-refractivity contribution in [1.82, 2.24) is 5.32 Å². The van der Waals surface area contributed by atoms with Gasteiger partial charge in [0.05, 0.1) is 5.56 Å². The van der Waals surface area contributed by atoms with E-state index in [9.17, 15) is 4.79 Å². The SMILES string of the molecule is Cc1ccc(I)c(C(=O)NCc2ccccc2)c1. The lowest BCUT2D eigenvalue weighted by atomic mass is 10.1. The number of halogens is 1. The van der Waals surface area contributed by atoms with E-state index in [-0.39, 0.29) is 5.91 Å². The van der Waals surface area contributed by atoms with Gasteiger partial charge in [-0.25, -0.2) is 0 Å². The minimum absolute atomic E-state index is 0.0213. The van der Waals surface area contributed by atoms with Crippen LogP contribution in [0.5, 0.6) is 0 Å². The summed E-state index contributed by atoms with van der Waals surface area (Å²) in [5, 5.41) is 2.94. The van der Waals surface area contributed by atoms with E-state index in [0.29, 0.717) is 6.54 Å². The van der Waals surface area contributed by atoms with Gasteiger partial charge in [0.15, 0.2) is 0 Å². The number of carbonyl (C=O) groups excluding carboxylic acids is 1. The highest BCUT2D eigenvalue weighted by Crippen LogP contribution is 2.14. The van der Waals surface area contributed by atoms with E-state index in [1.807, 2.05) is 55.5 Å². The fraction of sp³-hybridized carbons (Fsp3) is 0.133. The van der Waals surface area contributed by atoms with Crippen molar-refractivity contribution in [3.63, 3.8) is 0 Å². The minimum Gasteiger partial charge on any atom is -0.348 e. The molecule has 0 spiro atoms. The van der Waals surface area contributed by atoms with Crippen molar-refractivity contribution in [2.75, 3.05) is 0 Å². The average molecular weight is 351 g/mol. The second-order valence-corrected chi connectivity index (χ2v) is 5.31. The Hall–Kier alpha value is -1.36. The molecular weight excluding hydrogens is 337 g/mol. The number of hydrogen-bond donors (Lipinski definition) is 1. The van der Waals surface area contributed by atoms with Crippen molar-refractivity contribution in [3.8, 4) is 0 Å². The van der Waals surface area contributed by atoms with Gasteiger partial charge < -0.3 is 5.32 Å². The third-order valence-corrected chi connectivity index (χ3v) is 3.60. The fourth-order valence-corrected chi connectivity index (χ4v) is 2.27. The van der Waals surface area contributed by atoms with Gasteiger partial charge in [-0.05, 0) is 47.2 Å². The highest BCUT2D eigenvalue weighted by atomic mass is 127. The molecule has 0 saturated heterocycles. The zero-order valence-corrected chi connectivity index (χ0v) is 12.3. The van der Waals surface area contributed by atoms with E-state index >= 15 is 0 Å². The van der Waals surface area contributed by atoms with E-state index in [1.165, 1.54) is 0 Å². The molecule has 0 aromatic heterocycles. The maximum atomic E-state index is 12.1. The molecule has 0 saturated carbocycles. The Morgan fingerprint density at radius 1 is 1.17 bits per heavy atom. The lowest BCUT2D eigenvalue weighted by Crippen LogP contribution is -2.23. The molecule has 1 amide bonds. The molecule has 0 unspecified atom stereocenters. The summed E-state index contributed by atoms with van der Waals surface area (Å²) in [5.41, 5.74) is 2.94. The number of benzene rings is 2. The molecule has 92 valence electrons. The Kier molecular flexibility index (Phi) is 4.36. The van der Waals surface area contributed by atoms with Gasteiger partial charge in [0.1, 0.15) is 0 Å². The van der Waals surface area contributed by atoms with Crippen molar-refractivity contribution in [2.45, 2.75) is 13.5 Å². The predicted octanol–water partition coefficient (Wildman–Crippen LogP) is 3.53. The molecule has 1 N–H and O–H groups in total. The highest BCUT2D eigenvalue weighted by molar-refractivity contribution is 14.1. The van der Waals surface area contributed by atoms with E-state index in [0.717, 1.165) is 20.3 Å². The summed E-state index contributed by atoms with van der Waals surface area (Å²) in [5.74, 6) is -0.0213. The third kappa shape index (κ3) is 3.32. The van der Waals surface area contributed by atoms with Crippen molar-refractivity contribution in [3.05, 3.63) is 68.8 Å². The molecule has 2 rings (SSSR count). The van der Waals surface area contributed by atoms with Crippen LogP contribution in [0.15, 0.2) is 48.5 Å². The van der Waals surface area contributed by atoms with Crippen LogP contribution >= 0.6 is 22.6 Å². The maximum absolute atomic E-state index is 12.1. The Labute approximate surface area is 121 Å². The van der Waals surface area contributed by atoms with E-state index in [2.05, 4.69) is 27.9 Å². The van der Waals surface area contributed by atoms with Crippen LogP contribution in [0.3, 0.4) is 0 Å². The molecule has 0 aliphatic carbocycles. The average Bonchev–Trinajstić information content (AvgIpc) is 2.40. The maximum Gasteiger partial charge on any atom is 0.252 e. The molecule has 18 heavy (non-hydrogen) atoms. The van der Waals surface area contributed by atoms with Crippen molar-refractivity contribution in [1.29, 1.82) is 0 Å². The van der Waals surface area contributed by atoms with Gasteiger partial charge in [-0.1, -0.05) is 42.0 Å². The van der Waals surface area contributed by atoms with Gasteiger partial charge in [-0.3, -0.25) is 4.79 Å². The number of aryl methyl sites for hydroxylation is 1. The monoisotopic (exact) mass is 351 g/mol. The van der Waals surface area contributed by atoms with Crippen LogP contribution in [0.1, 0.15) is 21.5 Å². The summed E-state index contributed by atoms with van der Waals surface area (Å²) in [6.45, 7) is 2.55. The lowest BCUT2D eigenvalue weighted by molar-refractivity contribution is 0.0950. The third-order valence-electron chi connectivity index (χ3n) is 2.66. The van der Waals surface area contributed by atoms with Gasteiger partial charge in [0, 0.05) is 10.1 Å². The first-order valence-corrected chi connectivity index (χ1v) is 6.83. The first-order chi connectivity index (χ1) is 8.66. The summed E-state index contributed by atoms with van der Waals surface area (Å²) in [4.78, 5) is 12.1. The number of rotatable bonds is 3. The van der Waals surface area contributed by atoms with Crippen LogP contribution < -0.4 is 5.32 Å². The Morgan fingerprint density at radius 3 is 2.61 bits per heavy atom. The van der Waals surface area contributed by atoms with E-state index in [1.54, 1.807) is 0 Å². The van der Waals surface area contributed by atoms with Gasteiger partial charge >= 0.3 is 0 Å². The zero-order chi connectivity index (χ0) is 13.0. The van der Waals surface area contributed by atoms with Crippen molar-refractivity contribution >= 4 is 28.5 Å². The summed E-state index contributed by atoms with van der Waals surface area (Å²) < 4.78 is 0.976. The standard InChI is InChI=1S/C15H14INO/c1-11-7-8-14(16)13(9-11)15(18)17-10-12-5-3-2-4-6-12/h2-9H,10H2,1H3,(H,17,18). The highest BCUT2D eigenvalue weighted by Gasteiger charge is 2.09. The minimum atomic E-state index is -0.0213. The van der Waals surface area contributed by atoms with Crippen LogP contribution in [0, 0.1) is 10.5 Å². The fourth-order valence-electron chi connectivity index (χ4n) is 1.69. The summed E-state index contributed by atoms with van der Waals surface area (Å²) in [7, 11) is 0. The molecule has 0 atom stereocenters. The van der Waals surface area contributed by atoms with Crippen molar-refractivity contribution in [2.24, 2.45) is 0 Å². The molecule has 0 aliphatic rings. The molecule has 0 aliphatic heterocycles. The quantitative estimate of drug-likeness (QED) is 0.843. The zero-order valence-electron chi connectivity index (χ0n) is 10.1. The first-order valence-electron chi connectivity index (χ1n) is 5.75. The molecule has 3 heteroatoms. The van der Waals surface area contributed by atoms with Crippen LogP contribution in [-0.4, -0.2) is 5.91 Å². The molecule has 2 aromatic carbocycles. The van der Waals surface area contributed by atoms with Crippen LogP contribution in [0.2, 0.25) is 0 Å². The smallest absolute Gasteiger partial charge is 0.252 e. The molecule has 0 heterocycles. The topological polar surface area (TPSA) is 29.1 Å². The molecular formula is C15H14INO. The molecule has 2 aromatic rings.